The lowest BCUT2D eigenvalue weighted by Gasteiger charge is -2.26. The molecular weight excluding hydrogens is 234 g/mol. The Hall–Kier alpha value is -0.840. The molecule has 1 aromatic rings. The summed E-state index contributed by atoms with van der Waals surface area (Å²) in [5, 5.41) is 0. The predicted molar refractivity (Wildman–Crippen MR) is 69.8 cm³/mol. The van der Waals surface area contributed by atoms with Gasteiger partial charge in [0.25, 0.3) is 0 Å². The average molecular weight is 251 g/mol. The first kappa shape index (κ1) is 12.6. The van der Waals surface area contributed by atoms with E-state index in [1.54, 1.807) is 11.8 Å². The molecule has 1 heterocycles. The molecule has 1 aliphatic heterocycles. The van der Waals surface area contributed by atoms with Crippen LogP contribution in [0.3, 0.4) is 0 Å². The SMILES string of the molecule is O=Cc1ccccc1SCCN1CCOCC1. The summed E-state index contributed by atoms with van der Waals surface area (Å²) >= 11 is 1.75. The van der Waals surface area contributed by atoms with Crippen molar-refractivity contribution in [3.63, 3.8) is 0 Å². The van der Waals surface area contributed by atoms with Crippen LogP contribution in [0.25, 0.3) is 0 Å². The van der Waals surface area contributed by atoms with Gasteiger partial charge in [-0.2, -0.15) is 0 Å². The third-order valence-corrected chi connectivity index (χ3v) is 3.88. The minimum absolute atomic E-state index is 0.791. The Labute approximate surface area is 106 Å². The van der Waals surface area contributed by atoms with Gasteiger partial charge in [0.1, 0.15) is 0 Å². The van der Waals surface area contributed by atoms with Gasteiger partial charge in [-0.3, -0.25) is 9.69 Å². The number of carbonyl (C=O) groups excluding carboxylic acids is 1. The molecule has 0 N–H and O–H groups in total. The summed E-state index contributed by atoms with van der Waals surface area (Å²) in [6, 6.07) is 7.75. The molecule has 0 spiro atoms. The van der Waals surface area contributed by atoms with Gasteiger partial charge in [0.2, 0.25) is 0 Å². The molecule has 1 saturated heterocycles. The van der Waals surface area contributed by atoms with Crippen LogP contribution < -0.4 is 0 Å². The van der Waals surface area contributed by atoms with E-state index in [4.69, 9.17) is 4.74 Å². The molecule has 0 radical (unpaired) electrons. The van der Waals surface area contributed by atoms with Gasteiger partial charge in [-0.25, -0.2) is 0 Å². The van der Waals surface area contributed by atoms with E-state index >= 15 is 0 Å². The van der Waals surface area contributed by atoms with E-state index in [0.29, 0.717) is 0 Å². The number of ether oxygens (including phenoxy) is 1. The summed E-state index contributed by atoms with van der Waals surface area (Å²) in [7, 11) is 0. The van der Waals surface area contributed by atoms with Crippen molar-refractivity contribution < 1.29 is 9.53 Å². The fraction of sp³-hybridized carbons (Fsp3) is 0.462. The van der Waals surface area contributed by atoms with Crippen molar-refractivity contribution in [3.8, 4) is 0 Å². The number of hydrogen-bond acceptors (Lipinski definition) is 4. The number of aldehydes is 1. The highest BCUT2D eigenvalue weighted by atomic mass is 32.2. The molecule has 1 aliphatic rings. The maximum atomic E-state index is 10.9. The second kappa shape index (κ2) is 6.79. The molecular formula is C13H17NO2S. The number of hydrogen-bond donors (Lipinski definition) is 0. The Morgan fingerprint density at radius 3 is 2.82 bits per heavy atom. The monoisotopic (exact) mass is 251 g/mol. The van der Waals surface area contributed by atoms with E-state index in [2.05, 4.69) is 4.90 Å². The lowest BCUT2D eigenvalue weighted by atomic mass is 10.2. The van der Waals surface area contributed by atoms with Gasteiger partial charge in [0.15, 0.2) is 6.29 Å². The van der Waals surface area contributed by atoms with Crippen LogP contribution in [-0.4, -0.2) is 49.8 Å². The first-order valence-electron chi connectivity index (χ1n) is 5.87. The minimum Gasteiger partial charge on any atom is -0.379 e. The molecule has 17 heavy (non-hydrogen) atoms. The predicted octanol–water partition coefficient (Wildman–Crippen LogP) is 1.92. The maximum absolute atomic E-state index is 10.9. The molecule has 0 aromatic heterocycles. The third-order valence-electron chi connectivity index (χ3n) is 2.81. The maximum Gasteiger partial charge on any atom is 0.151 e. The highest BCUT2D eigenvalue weighted by Gasteiger charge is 2.10. The van der Waals surface area contributed by atoms with Gasteiger partial charge in [-0.1, -0.05) is 18.2 Å². The first-order valence-corrected chi connectivity index (χ1v) is 6.86. The van der Waals surface area contributed by atoms with Crippen LogP contribution in [0.15, 0.2) is 29.2 Å². The second-order valence-electron chi connectivity index (χ2n) is 3.96. The highest BCUT2D eigenvalue weighted by Crippen LogP contribution is 2.21. The minimum atomic E-state index is 0.791. The molecule has 0 aliphatic carbocycles. The summed E-state index contributed by atoms with van der Waals surface area (Å²) in [6.45, 7) is 4.79. The quantitative estimate of drug-likeness (QED) is 0.591. The van der Waals surface area contributed by atoms with Crippen LogP contribution in [-0.2, 0) is 4.74 Å². The van der Waals surface area contributed by atoms with Crippen molar-refractivity contribution in [1.29, 1.82) is 0 Å². The summed E-state index contributed by atoms with van der Waals surface area (Å²) in [6.07, 6.45) is 0.928. The van der Waals surface area contributed by atoms with Crippen LogP contribution in [0.5, 0.6) is 0 Å². The smallest absolute Gasteiger partial charge is 0.151 e. The van der Waals surface area contributed by atoms with Gasteiger partial charge in [0, 0.05) is 35.8 Å². The Kier molecular flexibility index (Phi) is 5.04. The van der Waals surface area contributed by atoms with Gasteiger partial charge in [-0.05, 0) is 6.07 Å². The molecule has 0 amide bonds. The lowest BCUT2D eigenvalue weighted by molar-refractivity contribution is 0.0410. The Morgan fingerprint density at radius 1 is 1.29 bits per heavy atom. The van der Waals surface area contributed by atoms with E-state index in [1.807, 2.05) is 24.3 Å². The molecule has 1 fully saturated rings. The van der Waals surface area contributed by atoms with Crippen molar-refractivity contribution in [2.45, 2.75) is 4.90 Å². The first-order chi connectivity index (χ1) is 8.40. The van der Waals surface area contributed by atoms with Crippen molar-refractivity contribution in [3.05, 3.63) is 29.8 Å². The van der Waals surface area contributed by atoms with Gasteiger partial charge >= 0.3 is 0 Å². The molecule has 1 aromatic carbocycles. The molecule has 0 atom stereocenters. The van der Waals surface area contributed by atoms with Crippen molar-refractivity contribution in [2.24, 2.45) is 0 Å². The largest absolute Gasteiger partial charge is 0.379 e. The molecule has 2 rings (SSSR count). The number of nitrogens with zero attached hydrogens (tertiary/aromatic N) is 1. The highest BCUT2D eigenvalue weighted by molar-refractivity contribution is 7.99. The number of thioether (sulfide) groups is 1. The van der Waals surface area contributed by atoms with Gasteiger partial charge in [0.05, 0.1) is 13.2 Å². The van der Waals surface area contributed by atoms with Crippen LogP contribution in [0.2, 0.25) is 0 Å². The van der Waals surface area contributed by atoms with Crippen LogP contribution in [0.4, 0.5) is 0 Å². The van der Waals surface area contributed by atoms with E-state index in [-0.39, 0.29) is 0 Å². The normalized spacial score (nSPS) is 16.9. The molecule has 0 saturated carbocycles. The zero-order chi connectivity index (χ0) is 11.9. The number of carbonyl (C=O) groups is 1. The Morgan fingerprint density at radius 2 is 2.06 bits per heavy atom. The number of rotatable bonds is 5. The van der Waals surface area contributed by atoms with Crippen molar-refractivity contribution >= 4 is 18.0 Å². The Bertz CT molecular complexity index is 364. The summed E-state index contributed by atoms with van der Waals surface area (Å²) in [5.74, 6) is 1.02. The van der Waals surface area contributed by atoms with Crippen LogP contribution >= 0.6 is 11.8 Å². The average Bonchev–Trinajstić information content (AvgIpc) is 2.40. The summed E-state index contributed by atoms with van der Waals surface area (Å²) < 4.78 is 5.31. The number of benzene rings is 1. The lowest BCUT2D eigenvalue weighted by Crippen LogP contribution is -2.37. The van der Waals surface area contributed by atoms with E-state index in [9.17, 15) is 4.79 Å². The van der Waals surface area contributed by atoms with Crippen LogP contribution in [0, 0.1) is 0 Å². The second-order valence-corrected chi connectivity index (χ2v) is 5.09. The van der Waals surface area contributed by atoms with E-state index in [1.165, 1.54) is 0 Å². The fourth-order valence-electron chi connectivity index (χ4n) is 1.82. The molecule has 0 unspecified atom stereocenters. The summed E-state index contributed by atoms with van der Waals surface area (Å²) in [5.41, 5.74) is 0.791. The fourth-order valence-corrected chi connectivity index (χ4v) is 2.85. The molecule has 3 nitrogen and oxygen atoms in total. The van der Waals surface area contributed by atoms with Gasteiger partial charge < -0.3 is 4.74 Å². The van der Waals surface area contributed by atoms with Crippen molar-refractivity contribution in [2.75, 3.05) is 38.6 Å². The standard InChI is InChI=1S/C13H17NO2S/c15-11-12-3-1-2-4-13(12)17-10-7-14-5-8-16-9-6-14/h1-4,11H,5-10H2. The summed E-state index contributed by atoms with van der Waals surface area (Å²) in [4.78, 5) is 14.3. The van der Waals surface area contributed by atoms with E-state index < -0.39 is 0 Å². The zero-order valence-corrected chi connectivity index (χ0v) is 10.6. The Balaban J connectivity index is 1.79. The van der Waals surface area contributed by atoms with Crippen LogP contribution in [0.1, 0.15) is 10.4 Å². The van der Waals surface area contributed by atoms with Gasteiger partial charge in [-0.15, -0.1) is 11.8 Å². The van der Waals surface area contributed by atoms with Crippen molar-refractivity contribution in [1.82, 2.24) is 4.90 Å². The topological polar surface area (TPSA) is 29.5 Å². The van der Waals surface area contributed by atoms with E-state index in [0.717, 1.165) is 55.3 Å². The molecule has 0 bridgehead atoms. The number of morpholine rings is 1. The third kappa shape index (κ3) is 3.84. The molecule has 4 heteroatoms. The molecule has 92 valence electrons. The zero-order valence-electron chi connectivity index (χ0n) is 9.80.